The molecule has 2 unspecified atom stereocenters. The van der Waals surface area contributed by atoms with Crippen LogP contribution in [0.5, 0.6) is 0 Å². The Bertz CT molecular complexity index is 399. The van der Waals surface area contributed by atoms with Crippen molar-refractivity contribution in [3.63, 3.8) is 0 Å². The second kappa shape index (κ2) is 6.10. The summed E-state index contributed by atoms with van der Waals surface area (Å²) in [5.41, 5.74) is 8.12. The number of nitrogens with one attached hydrogen (secondary N) is 2. The Morgan fingerprint density at radius 1 is 1.33 bits per heavy atom. The summed E-state index contributed by atoms with van der Waals surface area (Å²) >= 11 is 1.94. The van der Waals surface area contributed by atoms with Gasteiger partial charge in [-0.1, -0.05) is 6.42 Å². The summed E-state index contributed by atoms with van der Waals surface area (Å²) < 4.78 is 0. The number of hydrazine groups is 1. The first-order chi connectivity index (χ1) is 8.71. The van der Waals surface area contributed by atoms with Crippen molar-refractivity contribution >= 4 is 29.3 Å². The van der Waals surface area contributed by atoms with Crippen LogP contribution in [0.3, 0.4) is 0 Å². The van der Waals surface area contributed by atoms with E-state index < -0.39 is 0 Å². The molecule has 0 aromatic carbocycles. The summed E-state index contributed by atoms with van der Waals surface area (Å²) in [7, 11) is 0. The van der Waals surface area contributed by atoms with Crippen molar-refractivity contribution in [1.82, 2.24) is 9.97 Å². The Balaban J connectivity index is 2.02. The van der Waals surface area contributed by atoms with Crippen molar-refractivity contribution in [2.24, 2.45) is 5.84 Å². The fourth-order valence-corrected chi connectivity index (χ4v) is 3.14. The summed E-state index contributed by atoms with van der Waals surface area (Å²) in [5.74, 6) is 6.83. The van der Waals surface area contributed by atoms with Crippen LogP contribution in [0.1, 0.15) is 25.7 Å². The molecule has 2 rings (SSSR count). The molecule has 1 saturated carbocycles. The lowest BCUT2D eigenvalue weighted by Crippen LogP contribution is -2.29. The van der Waals surface area contributed by atoms with E-state index in [1.165, 1.54) is 19.3 Å². The summed E-state index contributed by atoms with van der Waals surface area (Å²) in [6.07, 6.45) is 7.07. The number of hydrogen-bond donors (Lipinski definition) is 4. The average Bonchev–Trinajstić information content (AvgIpc) is 2.38. The van der Waals surface area contributed by atoms with E-state index >= 15 is 0 Å². The molecule has 1 heterocycles. The third kappa shape index (κ3) is 3.39. The zero-order valence-electron chi connectivity index (χ0n) is 10.5. The first kappa shape index (κ1) is 13.2. The van der Waals surface area contributed by atoms with Gasteiger partial charge < -0.3 is 16.5 Å². The average molecular weight is 268 g/mol. The van der Waals surface area contributed by atoms with Crippen molar-refractivity contribution in [3.05, 3.63) is 6.07 Å². The summed E-state index contributed by atoms with van der Waals surface area (Å²) in [5, 5.41) is 4.16. The van der Waals surface area contributed by atoms with E-state index in [1.807, 2.05) is 11.8 Å². The van der Waals surface area contributed by atoms with Crippen molar-refractivity contribution < 1.29 is 0 Å². The maximum atomic E-state index is 5.63. The predicted molar refractivity (Wildman–Crippen MR) is 77.4 cm³/mol. The Kier molecular flexibility index (Phi) is 4.48. The number of hydrogen-bond acceptors (Lipinski definition) is 7. The molecule has 1 aromatic heterocycles. The highest BCUT2D eigenvalue weighted by atomic mass is 32.2. The first-order valence-electron chi connectivity index (χ1n) is 6.11. The zero-order valence-corrected chi connectivity index (χ0v) is 11.3. The van der Waals surface area contributed by atoms with E-state index in [0.717, 1.165) is 17.5 Å². The van der Waals surface area contributed by atoms with Gasteiger partial charge in [-0.05, 0) is 25.5 Å². The van der Waals surface area contributed by atoms with E-state index in [9.17, 15) is 0 Å². The molecule has 6 N–H and O–H groups in total. The van der Waals surface area contributed by atoms with Crippen LogP contribution in [0, 0.1) is 0 Å². The first-order valence-corrected chi connectivity index (χ1v) is 7.40. The van der Waals surface area contributed by atoms with Crippen molar-refractivity contribution in [2.45, 2.75) is 37.0 Å². The number of nitrogens with zero attached hydrogens (tertiary/aromatic N) is 2. The van der Waals surface area contributed by atoms with Crippen LogP contribution in [0.25, 0.3) is 0 Å². The Hall–Kier alpha value is -1.21. The van der Waals surface area contributed by atoms with E-state index in [-0.39, 0.29) is 5.95 Å². The zero-order chi connectivity index (χ0) is 13.0. The van der Waals surface area contributed by atoms with Crippen LogP contribution >= 0.6 is 11.8 Å². The Morgan fingerprint density at radius 3 is 2.83 bits per heavy atom. The smallest absolute Gasteiger partial charge is 0.223 e. The third-order valence-corrected chi connectivity index (χ3v) is 4.30. The monoisotopic (exact) mass is 268 g/mol. The molecule has 18 heavy (non-hydrogen) atoms. The lowest BCUT2D eigenvalue weighted by molar-refractivity contribution is 0.473. The minimum absolute atomic E-state index is 0.227. The molecule has 0 amide bonds. The van der Waals surface area contributed by atoms with E-state index in [0.29, 0.717) is 11.9 Å². The molecule has 0 spiro atoms. The normalized spacial score (nSPS) is 23.7. The van der Waals surface area contributed by atoms with Crippen LogP contribution in [0.2, 0.25) is 0 Å². The second-order valence-electron chi connectivity index (χ2n) is 4.51. The molecule has 1 aliphatic rings. The SMILES string of the molecule is CSC1CCCC(Nc2cc(NN)nc(N)n2)C1. The Labute approximate surface area is 111 Å². The number of aromatic nitrogens is 2. The van der Waals surface area contributed by atoms with E-state index in [1.54, 1.807) is 6.07 Å². The second-order valence-corrected chi connectivity index (χ2v) is 5.64. The summed E-state index contributed by atoms with van der Waals surface area (Å²) in [4.78, 5) is 8.14. The molecule has 1 fully saturated rings. The molecule has 2 atom stereocenters. The van der Waals surface area contributed by atoms with Gasteiger partial charge in [0.1, 0.15) is 11.6 Å². The highest BCUT2D eigenvalue weighted by molar-refractivity contribution is 7.99. The lowest BCUT2D eigenvalue weighted by atomic mass is 9.95. The molecule has 1 aliphatic carbocycles. The number of nitrogen functional groups attached to an aromatic ring is 2. The summed E-state index contributed by atoms with van der Waals surface area (Å²) in [6.45, 7) is 0. The number of anilines is 3. The van der Waals surface area contributed by atoms with Crippen LogP contribution in [0.15, 0.2) is 6.07 Å². The van der Waals surface area contributed by atoms with E-state index in [2.05, 4.69) is 27.0 Å². The molecular formula is C11H20N6S. The molecule has 0 radical (unpaired) electrons. The topological polar surface area (TPSA) is 102 Å². The molecule has 100 valence electrons. The third-order valence-electron chi connectivity index (χ3n) is 3.20. The molecule has 6 nitrogen and oxygen atoms in total. The van der Waals surface area contributed by atoms with Crippen LogP contribution in [-0.2, 0) is 0 Å². The van der Waals surface area contributed by atoms with Gasteiger partial charge in [0.2, 0.25) is 5.95 Å². The van der Waals surface area contributed by atoms with Crippen molar-refractivity contribution in [3.8, 4) is 0 Å². The van der Waals surface area contributed by atoms with Gasteiger partial charge in [0.05, 0.1) is 0 Å². The van der Waals surface area contributed by atoms with Crippen LogP contribution in [0.4, 0.5) is 17.6 Å². The fraction of sp³-hybridized carbons (Fsp3) is 0.636. The maximum Gasteiger partial charge on any atom is 0.223 e. The van der Waals surface area contributed by atoms with Gasteiger partial charge in [-0.25, -0.2) is 5.84 Å². The van der Waals surface area contributed by atoms with Crippen molar-refractivity contribution in [1.29, 1.82) is 0 Å². The molecule has 1 aromatic rings. The minimum Gasteiger partial charge on any atom is -0.368 e. The largest absolute Gasteiger partial charge is 0.368 e. The fourth-order valence-electron chi connectivity index (χ4n) is 2.31. The van der Waals surface area contributed by atoms with Crippen LogP contribution in [-0.4, -0.2) is 27.5 Å². The summed E-state index contributed by atoms with van der Waals surface area (Å²) in [6, 6.07) is 2.23. The van der Waals surface area contributed by atoms with Gasteiger partial charge in [0, 0.05) is 17.4 Å². The van der Waals surface area contributed by atoms with E-state index in [4.69, 9.17) is 11.6 Å². The standard InChI is InChI=1S/C11H20N6S/c1-18-8-4-2-3-7(5-8)14-9-6-10(17-13)16-11(12)15-9/h6-8H,2-5,13H2,1H3,(H4,12,14,15,16,17). The molecular weight excluding hydrogens is 248 g/mol. The molecule has 0 aliphatic heterocycles. The molecule has 0 bridgehead atoms. The van der Waals surface area contributed by atoms with Gasteiger partial charge >= 0.3 is 0 Å². The molecule has 7 heteroatoms. The number of nitrogens with two attached hydrogens (primary N) is 2. The number of thioether (sulfide) groups is 1. The minimum atomic E-state index is 0.227. The highest BCUT2D eigenvalue weighted by Crippen LogP contribution is 2.28. The number of rotatable bonds is 4. The van der Waals surface area contributed by atoms with Crippen LogP contribution < -0.4 is 22.3 Å². The van der Waals surface area contributed by atoms with Gasteiger partial charge in [-0.2, -0.15) is 21.7 Å². The lowest BCUT2D eigenvalue weighted by Gasteiger charge is -2.29. The predicted octanol–water partition coefficient (Wildman–Crippen LogP) is 1.43. The van der Waals surface area contributed by atoms with Crippen molar-refractivity contribution in [2.75, 3.05) is 22.7 Å². The maximum absolute atomic E-state index is 5.63. The van der Waals surface area contributed by atoms with Gasteiger partial charge in [0.15, 0.2) is 0 Å². The highest BCUT2D eigenvalue weighted by Gasteiger charge is 2.21. The van der Waals surface area contributed by atoms with Gasteiger partial charge in [0.25, 0.3) is 0 Å². The Morgan fingerprint density at radius 2 is 2.11 bits per heavy atom. The van der Waals surface area contributed by atoms with Gasteiger partial charge in [-0.3, -0.25) is 0 Å². The van der Waals surface area contributed by atoms with Gasteiger partial charge in [-0.15, -0.1) is 0 Å². The molecule has 0 saturated heterocycles. The quantitative estimate of drug-likeness (QED) is 0.484.